The molecule has 10 heteroatoms. The Balaban J connectivity index is 1.37. The topological polar surface area (TPSA) is 92.8 Å². The lowest BCUT2D eigenvalue weighted by Crippen LogP contribution is -2.50. The van der Waals surface area contributed by atoms with E-state index in [-0.39, 0.29) is 36.9 Å². The van der Waals surface area contributed by atoms with Gasteiger partial charge in [0, 0.05) is 44.2 Å². The molecule has 4 rings (SSSR count). The number of benzene rings is 2. The van der Waals surface area contributed by atoms with Crippen LogP contribution in [-0.4, -0.2) is 54.3 Å². The maximum atomic E-state index is 12.7. The van der Waals surface area contributed by atoms with Crippen LogP contribution in [-0.2, 0) is 21.4 Å². The SMILES string of the molecule is O=C(CCn1c(=O)oc2ccccc21)N1CCN(S(=O)(=O)c2ccc(Cl)cc2)CC1. The average molecular weight is 450 g/mol. The molecule has 0 bridgehead atoms. The van der Waals surface area contributed by atoms with Gasteiger partial charge in [-0.2, -0.15) is 4.31 Å². The normalized spacial score (nSPS) is 15.6. The summed E-state index contributed by atoms with van der Waals surface area (Å²) in [7, 11) is -3.63. The molecule has 2 aromatic carbocycles. The van der Waals surface area contributed by atoms with Crippen LogP contribution in [0.4, 0.5) is 0 Å². The highest BCUT2D eigenvalue weighted by atomic mass is 35.5. The second-order valence-corrected chi connectivity index (χ2v) is 9.35. The molecule has 0 spiro atoms. The summed E-state index contributed by atoms with van der Waals surface area (Å²) in [6.07, 6.45) is 0.132. The van der Waals surface area contributed by atoms with Gasteiger partial charge < -0.3 is 9.32 Å². The number of fused-ring (bicyclic) bond motifs is 1. The summed E-state index contributed by atoms with van der Waals surface area (Å²) in [4.78, 5) is 26.4. The van der Waals surface area contributed by atoms with E-state index in [9.17, 15) is 18.0 Å². The van der Waals surface area contributed by atoms with Gasteiger partial charge >= 0.3 is 5.76 Å². The minimum Gasteiger partial charge on any atom is -0.408 e. The first-order chi connectivity index (χ1) is 14.4. The fourth-order valence-corrected chi connectivity index (χ4v) is 5.07. The van der Waals surface area contributed by atoms with Crippen LogP contribution in [0.1, 0.15) is 6.42 Å². The highest BCUT2D eigenvalue weighted by Gasteiger charge is 2.30. The predicted molar refractivity (Wildman–Crippen MR) is 112 cm³/mol. The quantitative estimate of drug-likeness (QED) is 0.595. The molecule has 1 aliphatic heterocycles. The van der Waals surface area contributed by atoms with E-state index >= 15 is 0 Å². The van der Waals surface area contributed by atoms with Crippen LogP contribution in [0.2, 0.25) is 5.02 Å². The highest BCUT2D eigenvalue weighted by Crippen LogP contribution is 2.20. The lowest BCUT2D eigenvalue weighted by Gasteiger charge is -2.34. The summed E-state index contributed by atoms with van der Waals surface area (Å²) < 4.78 is 33.5. The summed E-state index contributed by atoms with van der Waals surface area (Å²) in [6.45, 7) is 1.23. The smallest absolute Gasteiger partial charge is 0.408 e. The monoisotopic (exact) mass is 449 g/mol. The van der Waals surface area contributed by atoms with Crippen LogP contribution < -0.4 is 5.76 Å². The van der Waals surface area contributed by atoms with E-state index < -0.39 is 15.8 Å². The van der Waals surface area contributed by atoms with Crippen molar-refractivity contribution in [3.05, 3.63) is 64.1 Å². The molecule has 30 heavy (non-hydrogen) atoms. The molecule has 1 amide bonds. The van der Waals surface area contributed by atoms with Gasteiger partial charge in [-0.3, -0.25) is 9.36 Å². The van der Waals surface area contributed by atoms with E-state index in [1.165, 1.54) is 33.1 Å². The van der Waals surface area contributed by atoms with Crippen molar-refractivity contribution in [2.75, 3.05) is 26.2 Å². The van der Waals surface area contributed by atoms with Crippen LogP contribution in [0.15, 0.2) is 62.6 Å². The van der Waals surface area contributed by atoms with Gasteiger partial charge in [0.25, 0.3) is 0 Å². The summed E-state index contributed by atoms with van der Waals surface area (Å²) in [5, 5.41) is 0.467. The Morgan fingerprint density at radius 3 is 2.37 bits per heavy atom. The number of rotatable bonds is 5. The van der Waals surface area contributed by atoms with Gasteiger partial charge in [-0.1, -0.05) is 23.7 Å². The first-order valence-corrected chi connectivity index (χ1v) is 11.3. The van der Waals surface area contributed by atoms with Crippen LogP contribution in [0.3, 0.4) is 0 Å². The number of nitrogens with zero attached hydrogens (tertiary/aromatic N) is 3. The Labute approximate surface area is 178 Å². The summed E-state index contributed by atoms with van der Waals surface area (Å²) in [6, 6.07) is 13.1. The van der Waals surface area contributed by atoms with Crippen LogP contribution >= 0.6 is 11.6 Å². The van der Waals surface area contributed by atoms with Crippen molar-refractivity contribution in [3.8, 4) is 0 Å². The molecule has 2 heterocycles. The first kappa shape index (κ1) is 20.6. The molecule has 0 N–H and O–H groups in total. The first-order valence-electron chi connectivity index (χ1n) is 9.48. The summed E-state index contributed by atoms with van der Waals surface area (Å²) in [5.74, 6) is -0.626. The summed E-state index contributed by atoms with van der Waals surface area (Å²) >= 11 is 5.83. The summed E-state index contributed by atoms with van der Waals surface area (Å²) in [5.41, 5.74) is 1.13. The number of piperazine rings is 1. The van der Waals surface area contributed by atoms with E-state index in [0.29, 0.717) is 29.2 Å². The van der Waals surface area contributed by atoms with Crippen molar-refractivity contribution >= 4 is 38.6 Å². The average Bonchev–Trinajstić information content (AvgIpc) is 3.07. The zero-order chi connectivity index (χ0) is 21.3. The number of aromatic nitrogens is 1. The third-order valence-electron chi connectivity index (χ3n) is 5.17. The molecule has 1 aromatic heterocycles. The van der Waals surface area contributed by atoms with Crippen LogP contribution in [0.25, 0.3) is 11.1 Å². The van der Waals surface area contributed by atoms with Crippen molar-refractivity contribution in [3.63, 3.8) is 0 Å². The van der Waals surface area contributed by atoms with E-state index in [0.717, 1.165) is 0 Å². The molecule has 1 fully saturated rings. The molecular weight excluding hydrogens is 430 g/mol. The number of carbonyl (C=O) groups is 1. The minimum atomic E-state index is -3.63. The van der Waals surface area contributed by atoms with E-state index in [1.807, 2.05) is 0 Å². The highest BCUT2D eigenvalue weighted by molar-refractivity contribution is 7.89. The second-order valence-electron chi connectivity index (χ2n) is 6.98. The molecule has 1 saturated heterocycles. The maximum Gasteiger partial charge on any atom is 0.419 e. The zero-order valence-electron chi connectivity index (χ0n) is 16.0. The Bertz CT molecular complexity index is 1230. The van der Waals surface area contributed by atoms with Crippen molar-refractivity contribution < 1.29 is 17.6 Å². The molecule has 0 aliphatic carbocycles. The van der Waals surface area contributed by atoms with E-state index in [4.69, 9.17) is 16.0 Å². The molecule has 0 saturated carbocycles. The van der Waals surface area contributed by atoms with Gasteiger partial charge in [0.2, 0.25) is 15.9 Å². The third-order valence-corrected chi connectivity index (χ3v) is 7.33. The van der Waals surface area contributed by atoms with Gasteiger partial charge in [0.05, 0.1) is 10.4 Å². The van der Waals surface area contributed by atoms with Crippen molar-refractivity contribution in [2.24, 2.45) is 0 Å². The molecule has 0 unspecified atom stereocenters. The third kappa shape index (κ3) is 4.00. The number of carbonyl (C=O) groups excluding carboxylic acids is 1. The van der Waals surface area contributed by atoms with Crippen LogP contribution in [0, 0.1) is 0 Å². The fourth-order valence-electron chi connectivity index (χ4n) is 3.52. The number of oxazole rings is 1. The number of aryl methyl sites for hydroxylation is 1. The number of para-hydroxylation sites is 2. The lowest BCUT2D eigenvalue weighted by molar-refractivity contribution is -0.132. The van der Waals surface area contributed by atoms with Crippen molar-refractivity contribution in [2.45, 2.75) is 17.9 Å². The maximum absolute atomic E-state index is 12.7. The van der Waals surface area contributed by atoms with Gasteiger partial charge in [-0.15, -0.1) is 0 Å². The number of amides is 1. The molecular formula is C20H20ClN3O5S. The van der Waals surface area contributed by atoms with Crippen molar-refractivity contribution in [1.29, 1.82) is 0 Å². The van der Waals surface area contributed by atoms with Crippen molar-refractivity contribution in [1.82, 2.24) is 13.8 Å². The lowest BCUT2D eigenvalue weighted by atomic mass is 10.3. The molecule has 158 valence electrons. The van der Waals surface area contributed by atoms with E-state index in [1.54, 1.807) is 29.2 Å². The Morgan fingerprint density at radius 1 is 1.00 bits per heavy atom. The molecule has 8 nitrogen and oxygen atoms in total. The number of hydrogen-bond donors (Lipinski definition) is 0. The molecule has 0 radical (unpaired) electrons. The molecule has 3 aromatic rings. The van der Waals surface area contributed by atoms with Gasteiger partial charge in [0.15, 0.2) is 5.58 Å². The second kappa shape index (κ2) is 8.25. The van der Waals surface area contributed by atoms with Crippen LogP contribution in [0.5, 0.6) is 0 Å². The van der Waals surface area contributed by atoms with Gasteiger partial charge in [-0.25, -0.2) is 13.2 Å². The fraction of sp³-hybridized carbons (Fsp3) is 0.300. The molecule has 0 atom stereocenters. The van der Waals surface area contributed by atoms with Gasteiger partial charge in [-0.05, 0) is 36.4 Å². The standard InChI is InChI=1S/C20H20ClN3O5S/c21-15-5-7-16(8-6-15)30(27,28)23-13-11-22(12-14-23)19(25)9-10-24-17-3-1-2-4-18(17)29-20(24)26/h1-8H,9-14H2. The van der Waals surface area contributed by atoms with E-state index in [2.05, 4.69) is 0 Å². The van der Waals surface area contributed by atoms with Gasteiger partial charge in [0.1, 0.15) is 0 Å². The Hall–Kier alpha value is -2.62. The number of halogens is 1. The molecule has 1 aliphatic rings. The predicted octanol–water partition coefficient (Wildman–Crippen LogP) is 2.17. The Kier molecular flexibility index (Phi) is 5.68. The number of hydrogen-bond acceptors (Lipinski definition) is 5. The Morgan fingerprint density at radius 2 is 1.67 bits per heavy atom. The largest absolute Gasteiger partial charge is 0.419 e. The zero-order valence-corrected chi connectivity index (χ0v) is 17.6. The minimum absolute atomic E-state index is 0.129. The number of sulfonamides is 1.